The third-order valence-electron chi connectivity index (χ3n) is 4.04. The van der Waals surface area contributed by atoms with Crippen LogP contribution in [-0.4, -0.2) is 21.0 Å². The van der Waals surface area contributed by atoms with Gasteiger partial charge in [0.1, 0.15) is 5.15 Å². The van der Waals surface area contributed by atoms with Crippen LogP contribution >= 0.6 is 11.6 Å². The Bertz CT molecular complexity index is 397. The summed E-state index contributed by atoms with van der Waals surface area (Å²) in [5.74, 6) is 0.699. The molecule has 1 fully saturated rings. The summed E-state index contributed by atoms with van der Waals surface area (Å²) in [6, 6.07) is 0. The van der Waals surface area contributed by atoms with Gasteiger partial charge in [0, 0.05) is 19.0 Å². The van der Waals surface area contributed by atoms with Crippen LogP contribution in [0.25, 0.3) is 0 Å². The molecule has 102 valence electrons. The molecule has 0 amide bonds. The highest BCUT2D eigenvalue weighted by Crippen LogP contribution is 2.29. The normalized spacial score (nSPS) is 19.1. The van der Waals surface area contributed by atoms with Crippen molar-refractivity contribution in [3.05, 3.63) is 16.4 Å². The number of aliphatic hydroxyl groups excluding tert-OH is 1. The standard InChI is InChI=1S/C14H23ClN2O/c1-10-13(14(15)17(2)16-10)9-12(18)8-11-6-4-3-5-7-11/h11-12,18H,3-9H2,1-2H3. The fraction of sp³-hybridized carbons (Fsp3) is 0.786. The Morgan fingerprint density at radius 3 is 2.61 bits per heavy atom. The number of rotatable bonds is 4. The van der Waals surface area contributed by atoms with E-state index < -0.39 is 0 Å². The minimum Gasteiger partial charge on any atom is -0.393 e. The van der Waals surface area contributed by atoms with Crippen LogP contribution in [0.15, 0.2) is 0 Å². The second kappa shape index (κ2) is 6.07. The van der Waals surface area contributed by atoms with Crippen LogP contribution in [0.5, 0.6) is 0 Å². The summed E-state index contributed by atoms with van der Waals surface area (Å²) in [5, 5.41) is 15.2. The van der Waals surface area contributed by atoms with Crippen molar-refractivity contribution in [1.82, 2.24) is 9.78 Å². The van der Waals surface area contributed by atoms with Crippen molar-refractivity contribution < 1.29 is 5.11 Å². The molecule has 4 heteroatoms. The van der Waals surface area contributed by atoms with Crippen LogP contribution in [0.1, 0.15) is 49.8 Å². The number of aryl methyl sites for hydroxylation is 2. The van der Waals surface area contributed by atoms with Crippen LogP contribution in [0.3, 0.4) is 0 Å². The molecule has 0 radical (unpaired) electrons. The van der Waals surface area contributed by atoms with Crippen molar-refractivity contribution in [2.75, 3.05) is 0 Å². The van der Waals surface area contributed by atoms with Gasteiger partial charge in [0.05, 0.1) is 11.8 Å². The maximum Gasteiger partial charge on any atom is 0.130 e. The predicted molar refractivity (Wildman–Crippen MR) is 73.9 cm³/mol. The molecule has 0 bridgehead atoms. The van der Waals surface area contributed by atoms with Gasteiger partial charge in [-0.1, -0.05) is 43.7 Å². The maximum absolute atomic E-state index is 10.2. The molecule has 1 aromatic rings. The Morgan fingerprint density at radius 2 is 2.06 bits per heavy atom. The minimum absolute atomic E-state index is 0.284. The quantitative estimate of drug-likeness (QED) is 0.912. The summed E-state index contributed by atoms with van der Waals surface area (Å²) >= 11 is 6.19. The van der Waals surface area contributed by atoms with Crippen LogP contribution in [0.2, 0.25) is 5.15 Å². The lowest BCUT2D eigenvalue weighted by Gasteiger charge is -2.24. The number of hydrogen-bond acceptors (Lipinski definition) is 2. The van der Waals surface area contributed by atoms with E-state index in [1.54, 1.807) is 4.68 Å². The molecule has 1 aromatic heterocycles. The highest BCUT2D eigenvalue weighted by Gasteiger charge is 2.20. The first-order valence-corrected chi connectivity index (χ1v) is 7.31. The molecule has 3 nitrogen and oxygen atoms in total. The van der Waals surface area contributed by atoms with E-state index in [1.807, 2.05) is 14.0 Å². The number of hydrogen-bond donors (Lipinski definition) is 1. The summed E-state index contributed by atoms with van der Waals surface area (Å²) < 4.78 is 1.68. The zero-order valence-electron chi connectivity index (χ0n) is 11.3. The van der Waals surface area contributed by atoms with E-state index in [0.717, 1.165) is 17.7 Å². The zero-order chi connectivity index (χ0) is 13.1. The largest absolute Gasteiger partial charge is 0.393 e. The summed E-state index contributed by atoms with van der Waals surface area (Å²) in [6.07, 6.45) is 7.81. The molecule has 0 saturated heterocycles. The van der Waals surface area contributed by atoms with Gasteiger partial charge in [-0.05, 0) is 19.3 Å². The first kappa shape index (κ1) is 13.9. The molecule has 0 aromatic carbocycles. The van der Waals surface area contributed by atoms with Gasteiger partial charge in [-0.2, -0.15) is 5.10 Å². The molecular formula is C14H23ClN2O. The minimum atomic E-state index is -0.284. The summed E-state index contributed by atoms with van der Waals surface area (Å²) in [7, 11) is 1.84. The first-order valence-electron chi connectivity index (χ1n) is 6.94. The zero-order valence-corrected chi connectivity index (χ0v) is 12.1. The summed E-state index contributed by atoms with van der Waals surface area (Å²) in [5.41, 5.74) is 1.94. The smallest absolute Gasteiger partial charge is 0.130 e. The lowest BCUT2D eigenvalue weighted by Crippen LogP contribution is -2.18. The molecule has 0 aliphatic heterocycles. The van der Waals surface area contributed by atoms with Crippen LogP contribution in [0.4, 0.5) is 0 Å². The van der Waals surface area contributed by atoms with Crippen LogP contribution in [-0.2, 0) is 13.5 Å². The Morgan fingerprint density at radius 1 is 1.39 bits per heavy atom. The maximum atomic E-state index is 10.2. The van der Waals surface area contributed by atoms with Gasteiger partial charge in [-0.15, -0.1) is 0 Å². The Labute approximate surface area is 114 Å². The van der Waals surface area contributed by atoms with E-state index >= 15 is 0 Å². The fourth-order valence-electron chi connectivity index (χ4n) is 3.03. The predicted octanol–water partition coefficient (Wildman–Crippen LogP) is 3.26. The van der Waals surface area contributed by atoms with Gasteiger partial charge < -0.3 is 5.11 Å². The van der Waals surface area contributed by atoms with Crippen molar-refractivity contribution in [2.24, 2.45) is 13.0 Å². The SMILES string of the molecule is Cc1nn(C)c(Cl)c1CC(O)CC1CCCCC1. The van der Waals surface area contributed by atoms with E-state index in [1.165, 1.54) is 32.1 Å². The molecule has 1 unspecified atom stereocenters. The molecule has 1 atom stereocenters. The summed E-state index contributed by atoms with van der Waals surface area (Å²) in [4.78, 5) is 0. The summed E-state index contributed by atoms with van der Waals surface area (Å²) in [6.45, 7) is 1.95. The third kappa shape index (κ3) is 3.27. The highest BCUT2D eigenvalue weighted by molar-refractivity contribution is 6.30. The van der Waals surface area contributed by atoms with E-state index in [-0.39, 0.29) is 6.10 Å². The number of aliphatic hydroxyl groups is 1. The van der Waals surface area contributed by atoms with Crippen molar-refractivity contribution >= 4 is 11.6 Å². The highest BCUT2D eigenvalue weighted by atomic mass is 35.5. The Kier molecular flexibility index (Phi) is 4.68. The van der Waals surface area contributed by atoms with E-state index in [0.29, 0.717) is 17.5 Å². The second-order valence-electron chi connectivity index (χ2n) is 5.58. The monoisotopic (exact) mass is 270 g/mol. The molecule has 18 heavy (non-hydrogen) atoms. The van der Waals surface area contributed by atoms with Crippen molar-refractivity contribution in [3.8, 4) is 0 Å². The van der Waals surface area contributed by atoms with Gasteiger partial charge >= 0.3 is 0 Å². The van der Waals surface area contributed by atoms with Crippen LogP contribution in [0, 0.1) is 12.8 Å². The van der Waals surface area contributed by atoms with Gasteiger partial charge in [-0.3, -0.25) is 4.68 Å². The third-order valence-corrected chi connectivity index (χ3v) is 4.51. The van der Waals surface area contributed by atoms with E-state index in [9.17, 15) is 5.11 Å². The van der Waals surface area contributed by atoms with Gasteiger partial charge in [0.2, 0.25) is 0 Å². The number of aromatic nitrogens is 2. The molecular weight excluding hydrogens is 248 g/mol. The number of nitrogens with zero attached hydrogens (tertiary/aromatic N) is 2. The molecule has 1 heterocycles. The molecule has 0 spiro atoms. The molecule has 1 aliphatic carbocycles. The average molecular weight is 271 g/mol. The second-order valence-corrected chi connectivity index (χ2v) is 5.93. The average Bonchev–Trinajstić information content (AvgIpc) is 2.57. The molecule has 1 saturated carbocycles. The molecule has 1 aliphatic rings. The van der Waals surface area contributed by atoms with Crippen molar-refractivity contribution in [2.45, 2.75) is 58.0 Å². The molecule has 1 N–H and O–H groups in total. The van der Waals surface area contributed by atoms with E-state index in [4.69, 9.17) is 11.6 Å². The van der Waals surface area contributed by atoms with Crippen molar-refractivity contribution in [3.63, 3.8) is 0 Å². The lowest BCUT2D eigenvalue weighted by atomic mass is 9.84. The Hall–Kier alpha value is -0.540. The Balaban J connectivity index is 1.91. The first-order chi connectivity index (χ1) is 8.58. The topological polar surface area (TPSA) is 38.0 Å². The fourth-order valence-corrected chi connectivity index (χ4v) is 3.28. The van der Waals surface area contributed by atoms with Crippen molar-refractivity contribution in [1.29, 1.82) is 0 Å². The van der Waals surface area contributed by atoms with Gasteiger partial charge in [0.25, 0.3) is 0 Å². The number of halogens is 1. The van der Waals surface area contributed by atoms with Gasteiger partial charge in [-0.25, -0.2) is 0 Å². The van der Waals surface area contributed by atoms with E-state index in [2.05, 4.69) is 5.10 Å². The molecule has 2 rings (SSSR count). The lowest BCUT2D eigenvalue weighted by molar-refractivity contribution is 0.130. The van der Waals surface area contributed by atoms with Gasteiger partial charge in [0.15, 0.2) is 0 Å². The van der Waals surface area contributed by atoms with Crippen LogP contribution < -0.4 is 0 Å².